The third-order valence-corrected chi connectivity index (χ3v) is 9.09. The molecule has 2 atom stereocenters. The molecule has 4 N–H and O–H groups in total. The molecule has 0 amide bonds. The number of hydrogen-bond acceptors (Lipinski definition) is 2. The van der Waals surface area contributed by atoms with E-state index in [2.05, 4.69) is 120 Å². The van der Waals surface area contributed by atoms with Gasteiger partial charge in [0.05, 0.1) is 0 Å². The highest BCUT2D eigenvalue weighted by Gasteiger charge is 2.20. The van der Waals surface area contributed by atoms with E-state index in [4.69, 9.17) is 11.5 Å². The SMILES string of the molecule is CCCCC(c1ccc(C(CCC)c2ccc(C(CCCC)c3ccc(N)cc3C)cc2)cc1)c1ccc(N)cc1C. The molecule has 0 heterocycles. The number of aryl methyl sites for hydroxylation is 2. The number of anilines is 2. The fourth-order valence-corrected chi connectivity index (χ4v) is 6.74. The first-order valence-corrected chi connectivity index (χ1v) is 16.3. The van der Waals surface area contributed by atoms with Crippen LogP contribution in [0.25, 0.3) is 0 Å². The number of hydrogen-bond donors (Lipinski definition) is 2. The number of rotatable bonds is 14. The lowest BCUT2D eigenvalue weighted by Gasteiger charge is -2.24. The fraction of sp³-hybridized carbons (Fsp3) is 0.400. The van der Waals surface area contributed by atoms with E-state index in [1.54, 1.807) is 0 Å². The molecule has 0 spiro atoms. The first-order valence-electron chi connectivity index (χ1n) is 16.3. The molecule has 4 aromatic carbocycles. The van der Waals surface area contributed by atoms with Crippen molar-refractivity contribution >= 4 is 11.4 Å². The Kier molecular flexibility index (Phi) is 11.3. The van der Waals surface area contributed by atoms with E-state index in [0.29, 0.717) is 17.8 Å². The van der Waals surface area contributed by atoms with Gasteiger partial charge in [0.15, 0.2) is 0 Å². The molecule has 0 aromatic heterocycles. The molecule has 2 unspecified atom stereocenters. The van der Waals surface area contributed by atoms with Gasteiger partial charge in [-0.3, -0.25) is 0 Å². The zero-order valence-corrected chi connectivity index (χ0v) is 26.6. The van der Waals surface area contributed by atoms with Crippen LogP contribution in [-0.2, 0) is 0 Å². The van der Waals surface area contributed by atoms with E-state index >= 15 is 0 Å². The van der Waals surface area contributed by atoms with E-state index in [1.165, 1.54) is 70.2 Å². The molecule has 4 rings (SSSR count). The van der Waals surface area contributed by atoms with Crippen LogP contribution in [0.5, 0.6) is 0 Å². The summed E-state index contributed by atoms with van der Waals surface area (Å²) >= 11 is 0. The van der Waals surface area contributed by atoms with E-state index in [0.717, 1.165) is 37.1 Å². The van der Waals surface area contributed by atoms with Crippen molar-refractivity contribution in [2.45, 2.75) is 104 Å². The molecule has 222 valence electrons. The third kappa shape index (κ3) is 7.65. The third-order valence-electron chi connectivity index (χ3n) is 9.09. The minimum Gasteiger partial charge on any atom is -0.399 e. The van der Waals surface area contributed by atoms with Crippen molar-refractivity contribution in [3.63, 3.8) is 0 Å². The van der Waals surface area contributed by atoms with Gasteiger partial charge in [-0.25, -0.2) is 0 Å². The van der Waals surface area contributed by atoms with Crippen LogP contribution >= 0.6 is 0 Å². The van der Waals surface area contributed by atoms with Crippen LogP contribution in [0.3, 0.4) is 0 Å². The fourth-order valence-electron chi connectivity index (χ4n) is 6.74. The average molecular weight is 561 g/mol. The van der Waals surface area contributed by atoms with E-state index in [-0.39, 0.29) is 0 Å². The van der Waals surface area contributed by atoms with Crippen LogP contribution in [-0.4, -0.2) is 0 Å². The molecule has 4 aromatic rings. The van der Waals surface area contributed by atoms with Crippen molar-refractivity contribution in [1.29, 1.82) is 0 Å². The van der Waals surface area contributed by atoms with Crippen LogP contribution < -0.4 is 11.5 Å². The van der Waals surface area contributed by atoms with Crippen LogP contribution in [0.2, 0.25) is 0 Å². The minimum atomic E-state index is 0.401. The summed E-state index contributed by atoms with van der Waals surface area (Å²) in [6.07, 6.45) is 9.46. The van der Waals surface area contributed by atoms with Gasteiger partial charge in [0.25, 0.3) is 0 Å². The molecule has 0 saturated heterocycles. The summed E-state index contributed by atoms with van der Waals surface area (Å²) in [6.45, 7) is 11.2. The van der Waals surface area contributed by atoms with E-state index in [1.807, 2.05) is 0 Å². The van der Waals surface area contributed by atoms with Crippen LogP contribution in [0, 0.1) is 13.8 Å². The summed E-state index contributed by atoms with van der Waals surface area (Å²) in [4.78, 5) is 0. The summed E-state index contributed by atoms with van der Waals surface area (Å²) in [6, 6.07) is 31.9. The standard InChI is InChI=1S/C40H52N2/c1-6-9-12-39(36-24-22-34(41)26-28(36)4)32-18-14-30(15-19-32)38(11-8-3)31-16-20-33(21-17-31)40(13-10-7-2)37-25-23-35(42)27-29(37)5/h14-27,38-40H,6-13,41-42H2,1-5H3. The van der Waals surface area contributed by atoms with Crippen LogP contribution in [0.4, 0.5) is 11.4 Å². The Balaban J connectivity index is 1.61. The molecule has 0 aliphatic carbocycles. The van der Waals surface area contributed by atoms with E-state index in [9.17, 15) is 0 Å². The second kappa shape index (κ2) is 15.1. The Bertz CT molecular complexity index is 1290. The predicted molar refractivity (Wildman–Crippen MR) is 184 cm³/mol. The van der Waals surface area contributed by atoms with Gasteiger partial charge in [0.1, 0.15) is 0 Å². The molecular formula is C40H52N2. The summed E-state index contributed by atoms with van der Waals surface area (Å²) in [5, 5.41) is 0. The Morgan fingerprint density at radius 3 is 1.12 bits per heavy atom. The maximum atomic E-state index is 6.09. The normalized spacial score (nSPS) is 13.5. The first kappa shape index (κ1) is 31.4. The monoisotopic (exact) mass is 560 g/mol. The maximum absolute atomic E-state index is 6.09. The highest BCUT2D eigenvalue weighted by molar-refractivity contribution is 5.50. The summed E-state index contributed by atoms with van der Waals surface area (Å²) in [5.74, 6) is 1.21. The second-order valence-corrected chi connectivity index (χ2v) is 12.3. The molecule has 2 heteroatoms. The molecular weight excluding hydrogens is 508 g/mol. The van der Waals surface area contributed by atoms with Crippen molar-refractivity contribution < 1.29 is 0 Å². The minimum absolute atomic E-state index is 0.401. The molecule has 42 heavy (non-hydrogen) atoms. The molecule has 0 bridgehead atoms. The van der Waals surface area contributed by atoms with Gasteiger partial charge in [-0.15, -0.1) is 0 Å². The molecule has 0 radical (unpaired) electrons. The average Bonchev–Trinajstić information content (AvgIpc) is 2.99. The summed E-state index contributed by atoms with van der Waals surface area (Å²) in [5.41, 5.74) is 24.9. The van der Waals surface area contributed by atoms with Gasteiger partial charge < -0.3 is 11.5 Å². The number of nitrogens with two attached hydrogens (primary N) is 2. The Hall–Kier alpha value is -3.52. The number of unbranched alkanes of at least 4 members (excludes halogenated alkanes) is 2. The Morgan fingerprint density at radius 2 is 0.810 bits per heavy atom. The second-order valence-electron chi connectivity index (χ2n) is 12.3. The predicted octanol–water partition coefficient (Wildman–Crippen LogP) is 11.0. The van der Waals surface area contributed by atoms with Crippen molar-refractivity contribution in [1.82, 2.24) is 0 Å². The smallest absolute Gasteiger partial charge is 0.0316 e. The lowest BCUT2D eigenvalue weighted by atomic mass is 9.81. The van der Waals surface area contributed by atoms with Gasteiger partial charge in [-0.1, -0.05) is 114 Å². The lowest BCUT2D eigenvalue weighted by molar-refractivity contribution is 0.645. The van der Waals surface area contributed by atoms with Gasteiger partial charge in [0, 0.05) is 29.1 Å². The van der Waals surface area contributed by atoms with Gasteiger partial charge >= 0.3 is 0 Å². The van der Waals surface area contributed by atoms with Gasteiger partial charge in [-0.05, 0) is 102 Å². The van der Waals surface area contributed by atoms with Crippen molar-refractivity contribution in [2.24, 2.45) is 0 Å². The van der Waals surface area contributed by atoms with Crippen LogP contribution in [0.15, 0.2) is 84.9 Å². The zero-order chi connectivity index (χ0) is 30.1. The van der Waals surface area contributed by atoms with Crippen LogP contribution in [0.1, 0.15) is 134 Å². The quantitative estimate of drug-likeness (QED) is 0.151. The zero-order valence-electron chi connectivity index (χ0n) is 26.6. The molecule has 0 fully saturated rings. The van der Waals surface area contributed by atoms with Crippen molar-refractivity contribution in [3.8, 4) is 0 Å². The highest BCUT2D eigenvalue weighted by atomic mass is 14.5. The number of nitrogen functional groups attached to an aromatic ring is 2. The topological polar surface area (TPSA) is 52.0 Å². The summed E-state index contributed by atoms with van der Waals surface area (Å²) in [7, 11) is 0. The number of benzene rings is 4. The highest BCUT2D eigenvalue weighted by Crippen LogP contribution is 2.37. The summed E-state index contributed by atoms with van der Waals surface area (Å²) < 4.78 is 0. The molecule has 0 aliphatic rings. The molecule has 0 aliphatic heterocycles. The van der Waals surface area contributed by atoms with Crippen molar-refractivity contribution in [3.05, 3.63) is 129 Å². The molecule has 0 saturated carbocycles. The Morgan fingerprint density at radius 1 is 0.452 bits per heavy atom. The molecule has 2 nitrogen and oxygen atoms in total. The first-order chi connectivity index (χ1) is 20.4. The largest absolute Gasteiger partial charge is 0.399 e. The van der Waals surface area contributed by atoms with Crippen molar-refractivity contribution in [2.75, 3.05) is 11.5 Å². The van der Waals surface area contributed by atoms with Gasteiger partial charge in [-0.2, -0.15) is 0 Å². The lowest BCUT2D eigenvalue weighted by Crippen LogP contribution is -2.07. The van der Waals surface area contributed by atoms with E-state index < -0.39 is 0 Å². The maximum Gasteiger partial charge on any atom is 0.0316 e. The Labute approximate surface area is 255 Å². The van der Waals surface area contributed by atoms with Gasteiger partial charge in [0.2, 0.25) is 0 Å².